The van der Waals surface area contributed by atoms with E-state index >= 15 is 0 Å². The van der Waals surface area contributed by atoms with Crippen molar-refractivity contribution in [1.82, 2.24) is 14.6 Å². The van der Waals surface area contributed by atoms with E-state index in [1.54, 1.807) is 12.1 Å². The zero-order valence-corrected chi connectivity index (χ0v) is 16.8. The second kappa shape index (κ2) is 10.0. The van der Waals surface area contributed by atoms with Crippen molar-refractivity contribution in [3.63, 3.8) is 0 Å². The minimum Gasteiger partial charge on any atom is -0.475 e. The van der Waals surface area contributed by atoms with Gasteiger partial charge in [0.05, 0.1) is 0 Å². The van der Waals surface area contributed by atoms with E-state index in [9.17, 15) is 26.3 Å². The molecule has 0 aliphatic rings. The second-order valence-corrected chi connectivity index (χ2v) is 6.69. The van der Waals surface area contributed by atoms with Crippen LogP contribution in [0.15, 0.2) is 42.7 Å². The second-order valence-electron chi connectivity index (χ2n) is 6.25. The van der Waals surface area contributed by atoms with Gasteiger partial charge < -0.3 is 15.7 Å². The molecule has 1 aromatic carbocycles. The third-order valence-electron chi connectivity index (χ3n) is 3.86. The molecule has 174 valence electrons. The molecule has 0 amide bonds. The summed E-state index contributed by atoms with van der Waals surface area (Å²) in [6, 6.07) is 8.23. The average Bonchev–Trinajstić information content (AvgIpc) is 3.12. The Bertz CT molecular complexity index is 1070. The minimum atomic E-state index is -5.08. The van der Waals surface area contributed by atoms with Gasteiger partial charge in [-0.25, -0.2) is 14.3 Å². The van der Waals surface area contributed by atoms with Crippen LogP contribution < -0.4 is 10.6 Å². The Morgan fingerprint density at radius 2 is 1.84 bits per heavy atom. The van der Waals surface area contributed by atoms with Gasteiger partial charge in [0.1, 0.15) is 5.52 Å². The number of halogens is 7. The summed E-state index contributed by atoms with van der Waals surface area (Å²) < 4.78 is 71.8. The number of nitrogens with two attached hydrogens (primary N) is 1. The number of anilines is 1. The van der Waals surface area contributed by atoms with E-state index in [2.05, 4.69) is 10.1 Å². The Morgan fingerprint density at radius 1 is 1.19 bits per heavy atom. The van der Waals surface area contributed by atoms with Gasteiger partial charge in [0.15, 0.2) is 11.5 Å². The molecule has 0 saturated heterocycles. The summed E-state index contributed by atoms with van der Waals surface area (Å²) in [6.07, 6.45) is -6.81. The number of nitrogens with zero attached hydrogens (tertiary/aromatic N) is 4. The Balaban J connectivity index is 0.000000451. The zero-order chi connectivity index (χ0) is 24.1. The summed E-state index contributed by atoms with van der Waals surface area (Å²) in [5.74, 6) is -2.37. The van der Waals surface area contributed by atoms with E-state index in [0.717, 1.165) is 11.6 Å². The lowest BCUT2D eigenvalue weighted by Crippen LogP contribution is -2.30. The summed E-state index contributed by atoms with van der Waals surface area (Å²) >= 11 is 6.00. The van der Waals surface area contributed by atoms with Crippen molar-refractivity contribution in [2.45, 2.75) is 18.9 Å². The molecular formula is C18H16ClF6N5O2. The van der Waals surface area contributed by atoms with Crippen molar-refractivity contribution in [1.29, 1.82) is 0 Å². The SMILES string of the molecule is NCCN(Cc1cccc(Cl)c1)c1nccn2nc(C(F)(F)F)cc12.O=C(O)C(F)(F)F. The first kappa shape index (κ1) is 25.2. The molecule has 0 aliphatic carbocycles. The largest absolute Gasteiger partial charge is 0.490 e. The Kier molecular flexibility index (Phi) is 7.91. The Hall–Kier alpha value is -3.06. The van der Waals surface area contributed by atoms with E-state index in [4.69, 9.17) is 27.2 Å². The lowest BCUT2D eigenvalue weighted by atomic mass is 10.2. The molecule has 0 atom stereocenters. The van der Waals surface area contributed by atoms with Crippen LogP contribution in [0.4, 0.5) is 32.2 Å². The number of carboxylic acid groups (broad SMARTS) is 1. The van der Waals surface area contributed by atoms with Crippen LogP contribution in [0.25, 0.3) is 5.52 Å². The number of fused-ring (bicyclic) bond motifs is 1. The number of rotatable bonds is 5. The number of carboxylic acids is 1. The number of carbonyl (C=O) groups is 1. The molecule has 7 nitrogen and oxygen atoms in total. The third kappa shape index (κ3) is 6.72. The molecule has 0 spiro atoms. The number of aliphatic carboxylic acids is 1. The van der Waals surface area contributed by atoms with E-state index < -0.39 is 24.0 Å². The maximum atomic E-state index is 13.0. The third-order valence-corrected chi connectivity index (χ3v) is 4.10. The highest BCUT2D eigenvalue weighted by Crippen LogP contribution is 2.31. The number of hydrogen-bond donors (Lipinski definition) is 2. The van der Waals surface area contributed by atoms with Gasteiger partial charge in [-0.1, -0.05) is 23.7 Å². The molecule has 14 heteroatoms. The Labute approximate surface area is 182 Å². The quantitative estimate of drug-likeness (QED) is 0.533. The number of hydrogen-bond acceptors (Lipinski definition) is 5. The summed E-state index contributed by atoms with van der Waals surface area (Å²) in [5.41, 5.74) is 5.88. The number of aromatic nitrogens is 3. The number of benzene rings is 1. The molecule has 2 aromatic heterocycles. The monoisotopic (exact) mass is 483 g/mol. The van der Waals surface area contributed by atoms with E-state index in [-0.39, 0.29) is 5.52 Å². The minimum absolute atomic E-state index is 0.269. The van der Waals surface area contributed by atoms with Gasteiger partial charge in [-0.2, -0.15) is 31.4 Å². The van der Waals surface area contributed by atoms with Crippen LogP contribution in [-0.2, 0) is 17.5 Å². The number of alkyl halides is 6. The molecular weight excluding hydrogens is 468 g/mol. The van der Waals surface area contributed by atoms with Crippen LogP contribution in [0.3, 0.4) is 0 Å². The van der Waals surface area contributed by atoms with Crippen molar-refractivity contribution >= 4 is 28.9 Å². The van der Waals surface area contributed by atoms with Gasteiger partial charge in [-0.15, -0.1) is 0 Å². The maximum Gasteiger partial charge on any atom is 0.490 e. The molecule has 32 heavy (non-hydrogen) atoms. The van der Waals surface area contributed by atoms with Crippen molar-refractivity contribution in [2.75, 3.05) is 18.0 Å². The molecule has 3 rings (SSSR count). The Morgan fingerprint density at radius 3 is 2.38 bits per heavy atom. The molecule has 0 aliphatic heterocycles. The topological polar surface area (TPSA) is 96.8 Å². The molecule has 0 fully saturated rings. The molecule has 3 N–H and O–H groups in total. The fourth-order valence-electron chi connectivity index (χ4n) is 2.56. The molecule has 3 aromatic rings. The van der Waals surface area contributed by atoms with Crippen molar-refractivity contribution in [2.24, 2.45) is 5.73 Å². The highest BCUT2D eigenvalue weighted by molar-refractivity contribution is 6.30. The summed E-state index contributed by atoms with van der Waals surface area (Å²) in [4.78, 5) is 15.0. The molecule has 0 bridgehead atoms. The van der Waals surface area contributed by atoms with Gasteiger partial charge in [-0.3, -0.25) is 0 Å². The van der Waals surface area contributed by atoms with E-state index in [1.165, 1.54) is 16.9 Å². The fourth-order valence-corrected chi connectivity index (χ4v) is 2.77. The first-order valence-electron chi connectivity index (χ1n) is 8.74. The summed E-state index contributed by atoms with van der Waals surface area (Å²) in [5, 5.41) is 11.3. The predicted molar refractivity (Wildman–Crippen MR) is 103 cm³/mol. The highest BCUT2D eigenvalue weighted by Gasteiger charge is 2.38. The predicted octanol–water partition coefficient (Wildman–Crippen LogP) is 4.00. The summed E-state index contributed by atoms with van der Waals surface area (Å²) in [6.45, 7) is 1.16. The highest BCUT2D eigenvalue weighted by atomic mass is 35.5. The standard InChI is InChI=1S/C16H15ClF3N5.C2HF3O2/c17-12-3-1-2-11(8-12)10-24(6-4-21)15-13-9-14(16(18,19)20)23-25(13)7-5-22-15;3-2(4,5)1(6)7/h1-3,5,7-9H,4,6,10,21H2;(H,6,7). The van der Waals surface area contributed by atoms with Crippen LogP contribution in [0.2, 0.25) is 5.02 Å². The van der Waals surface area contributed by atoms with Crippen LogP contribution in [0.1, 0.15) is 11.3 Å². The molecule has 0 radical (unpaired) electrons. The first-order chi connectivity index (χ1) is 14.8. The van der Waals surface area contributed by atoms with Crippen LogP contribution in [0, 0.1) is 0 Å². The van der Waals surface area contributed by atoms with Crippen LogP contribution in [-0.4, -0.2) is 44.9 Å². The van der Waals surface area contributed by atoms with Crippen molar-refractivity contribution < 1.29 is 36.2 Å². The fraction of sp³-hybridized carbons (Fsp3) is 0.278. The smallest absolute Gasteiger partial charge is 0.475 e. The van der Waals surface area contributed by atoms with E-state index in [0.29, 0.717) is 30.5 Å². The molecule has 0 unspecified atom stereocenters. The van der Waals surface area contributed by atoms with Crippen LogP contribution in [0.5, 0.6) is 0 Å². The molecule has 2 heterocycles. The zero-order valence-electron chi connectivity index (χ0n) is 16.0. The molecule has 0 saturated carbocycles. The lowest BCUT2D eigenvalue weighted by molar-refractivity contribution is -0.192. The van der Waals surface area contributed by atoms with E-state index in [1.807, 2.05) is 17.0 Å². The average molecular weight is 484 g/mol. The van der Waals surface area contributed by atoms with Gasteiger partial charge in [0.25, 0.3) is 0 Å². The van der Waals surface area contributed by atoms with Gasteiger partial charge in [0, 0.05) is 43.1 Å². The normalized spacial score (nSPS) is 11.8. The van der Waals surface area contributed by atoms with Crippen molar-refractivity contribution in [3.8, 4) is 0 Å². The van der Waals surface area contributed by atoms with Crippen LogP contribution >= 0.6 is 11.6 Å². The maximum absolute atomic E-state index is 13.0. The van der Waals surface area contributed by atoms with Crippen molar-refractivity contribution in [3.05, 3.63) is 59.0 Å². The lowest BCUT2D eigenvalue weighted by Gasteiger charge is -2.23. The van der Waals surface area contributed by atoms with Gasteiger partial charge in [-0.05, 0) is 17.7 Å². The first-order valence-corrected chi connectivity index (χ1v) is 9.12. The van der Waals surface area contributed by atoms with Gasteiger partial charge >= 0.3 is 18.3 Å². The summed E-state index contributed by atoms with van der Waals surface area (Å²) in [7, 11) is 0. The van der Waals surface area contributed by atoms with Gasteiger partial charge in [0.2, 0.25) is 0 Å².